The molecule has 6 nitrogen and oxygen atoms in total. The summed E-state index contributed by atoms with van der Waals surface area (Å²) < 4.78 is 25.4. The van der Waals surface area contributed by atoms with Gasteiger partial charge in [0.2, 0.25) is 0 Å². The summed E-state index contributed by atoms with van der Waals surface area (Å²) >= 11 is -4.22. The molecule has 0 heterocycles. The third-order valence-corrected chi connectivity index (χ3v) is 10.2. The van der Waals surface area contributed by atoms with Crippen LogP contribution in [0.15, 0.2) is 11.1 Å². The number of hydrogen-bond acceptors (Lipinski definition) is 5. The summed E-state index contributed by atoms with van der Waals surface area (Å²) in [5.41, 5.74) is -0.127. The summed E-state index contributed by atoms with van der Waals surface area (Å²) in [6.07, 6.45) is 31.7. The first kappa shape index (κ1) is 48.0. The fraction of sp³-hybridized carbons (Fsp3) is 0.881. The molecule has 0 spiro atoms. The van der Waals surface area contributed by atoms with Gasteiger partial charge < -0.3 is 0 Å². The van der Waals surface area contributed by atoms with E-state index >= 15 is 0 Å². The number of rotatable bonds is 35. The minimum atomic E-state index is -4.22. The fourth-order valence-electron chi connectivity index (χ4n) is 6.73. The van der Waals surface area contributed by atoms with Crippen molar-refractivity contribution in [3.05, 3.63) is 11.1 Å². The van der Waals surface area contributed by atoms with Gasteiger partial charge in [-0.1, -0.05) is 111 Å². The van der Waals surface area contributed by atoms with Gasteiger partial charge in [0.25, 0.3) is 0 Å². The Bertz CT molecular complexity index is 907. The summed E-state index contributed by atoms with van der Waals surface area (Å²) in [6, 6.07) is 0. The molecular formula is C42H78O6Ti. The van der Waals surface area contributed by atoms with Crippen LogP contribution in [0.5, 0.6) is 0 Å². The van der Waals surface area contributed by atoms with Gasteiger partial charge in [-0.3, -0.25) is 0 Å². The van der Waals surface area contributed by atoms with Crippen molar-refractivity contribution in [1.29, 1.82) is 0 Å². The van der Waals surface area contributed by atoms with E-state index in [-0.39, 0.29) is 35.7 Å². The monoisotopic (exact) mass is 727 g/mol. The molecule has 0 aromatic heterocycles. The second-order valence-corrected chi connectivity index (χ2v) is 16.9. The van der Waals surface area contributed by atoms with Crippen LogP contribution in [-0.4, -0.2) is 21.2 Å². The van der Waals surface area contributed by atoms with Gasteiger partial charge in [-0.15, -0.1) is 0 Å². The number of allylic oxidation sites excluding steroid dienone is 1. The molecule has 0 rings (SSSR count). The summed E-state index contributed by atoms with van der Waals surface area (Å²) in [6.45, 7) is 12.8. The number of Topliss-reactive ketones (excluding diaryl/α,β-unsaturated/α-hetero) is 2. The van der Waals surface area contributed by atoms with Crippen LogP contribution < -0.4 is 0 Å². The molecule has 0 aromatic carbocycles. The van der Waals surface area contributed by atoms with Crippen LogP contribution in [0.25, 0.3) is 0 Å². The standard InChI is InChI=1S/C42H78O4.H2O.O.Ti/c1-35(2)31-27-23-19-15-11-7-9-13-17-21-25-29-33-38(43)40(37(5)6)41(42(45)46)39(44)34-30-26-22-18-14-10-8-12-16-20-24-28-32-36(3)4;;;/h35-37H,7-34H2,1-6H3,(H,45,46);1H2;;/q;;;+2/p-2. The third kappa shape index (κ3) is 29.3. The molecule has 1 N–H and O–H groups in total. The van der Waals surface area contributed by atoms with E-state index < -0.39 is 30.4 Å². The van der Waals surface area contributed by atoms with Gasteiger partial charge in [-0.25, -0.2) is 0 Å². The van der Waals surface area contributed by atoms with Crippen molar-refractivity contribution in [3.63, 3.8) is 0 Å². The molecule has 286 valence electrons. The molecule has 0 amide bonds. The minimum absolute atomic E-state index is 0.141. The molecule has 49 heavy (non-hydrogen) atoms. The van der Waals surface area contributed by atoms with Crippen molar-refractivity contribution in [3.8, 4) is 0 Å². The van der Waals surface area contributed by atoms with Crippen molar-refractivity contribution >= 4 is 17.5 Å². The zero-order chi connectivity index (χ0) is 36.7. The van der Waals surface area contributed by atoms with E-state index in [1.807, 2.05) is 0 Å². The van der Waals surface area contributed by atoms with Gasteiger partial charge in [0, 0.05) is 0 Å². The number of carbonyl (C=O) groups is 3. The van der Waals surface area contributed by atoms with Crippen LogP contribution in [0.1, 0.15) is 221 Å². The normalized spacial score (nSPS) is 12.2. The zero-order valence-corrected chi connectivity index (χ0v) is 34.6. The molecule has 0 saturated heterocycles. The summed E-state index contributed by atoms with van der Waals surface area (Å²) in [7, 11) is 0. The van der Waals surface area contributed by atoms with Gasteiger partial charge >= 0.3 is 188 Å². The molecule has 0 bridgehead atoms. The predicted molar refractivity (Wildman–Crippen MR) is 200 cm³/mol. The van der Waals surface area contributed by atoms with E-state index in [9.17, 15) is 21.4 Å². The molecule has 0 fully saturated rings. The van der Waals surface area contributed by atoms with Crippen molar-refractivity contribution in [2.45, 2.75) is 221 Å². The Morgan fingerprint density at radius 1 is 0.469 bits per heavy atom. The quantitative estimate of drug-likeness (QED) is 0.0229. The van der Waals surface area contributed by atoms with Gasteiger partial charge in [0.1, 0.15) is 0 Å². The molecule has 7 heteroatoms. The summed E-state index contributed by atoms with van der Waals surface area (Å²) in [4.78, 5) is 39.5. The molecule has 0 radical (unpaired) electrons. The number of unbranched alkanes of at least 4 members (excludes halogenated alkanes) is 22. The van der Waals surface area contributed by atoms with E-state index in [1.54, 1.807) is 13.8 Å². The van der Waals surface area contributed by atoms with Gasteiger partial charge in [-0.05, 0) is 11.8 Å². The first-order valence-electron chi connectivity index (χ1n) is 20.7. The Kier molecular flexibility index (Phi) is 32.2. The molecule has 0 aliphatic rings. The number of hydrogen-bond donors (Lipinski definition) is 1. The van der Waals surface area contributed by atoms with Crippen LogP contribution in [0.2, 0.25) is 0 Å². The molecule has 0 unspecified atom stereocenters. The Morgan fingerprint density at radius 2 is 0.755 bits per heavy atom. The summed E-state index contributed by atoms with van der Waals surface area (Å²) in [5.74, 6) is -0.493. The average molecular weight is 727 g/mol. The zero-order valence-electron chi connectivity index (χ0n) is 33.0. The van der Waals surface area contributed by atoms with E-state index in [1.165, 1.54) is 116 Å². The van der Waals surface area contributed by atoms with Crippen molar-refractivity contribution in [2.24, 2.45) is 17.8 Å². The molecule has 0 atom stereocenters. The van der Waals surface area contributed by atoms with Crippen LogP contribution in [0, 0.1) is 17.8 Å². The van der Waals surface area contributed by atoms with E-state index in [4.69, 9.17) is 0 Å². The predicted octanol–water partition coefficient (Wildman–Crippen LogP) is 12.6. The topological polar surface area (TPSA) is 97.7 Å². The van der Waals surface area contributed by atoms with E-state index in [0.29, 0.717) is 12.8 Å². The van der Waals surface area contributed by atoms with E-state index in [2.05, 4.69) is 31.0 Å². The maximum absolute atomic E-state index is 13.3. The summed E-state index contributed by atoms with van der Waals surface area (Å²) in [5, 5.41) is 0. The second-order valence-electron chi connectivity index (χ2n) is 15.8. The van der Waals surface area contributed by atoms with Crippen LogP contribution in [0.4, 0.5) is 0 Å². The Morgan fingerprint density at radius 3 is 1.04 bits per heavy atom. The van der Waals surface area contributed by atoms with E-state index in [0.717, 1.165) is 50.4 Å². The van der Waals surface area contributed by atoms with Gasteiger partial charge in [0.05, 0.1) is 0 Å². The van der Waals surface area contributed by atoms with Crippen LogP contribution >= 0.6 is 0 Å². The second kappa shape index (κ2) is 32.9. The van der Waals surface area contributed by atoms with Gasteiger partial charge in [0.15, 0.2) is 0 Å². The molecule has 0 aliphatic heterocycles. The average Bonchev–Trinajstić information content (AvgIpc) is 3.02. The van der Waals surface area contributed by atoms with Crippen LogP contribution in [0.3, 0.4) is 0 Å². The van der Waals surface area contributed by atoms with Crippen molar-refractivity contribution in [2.75, 3.05) is 0 Å². The Balaban J connectivity index is 4.49. The van der Waals surface area contributed by atoms with Crippen molar-refractivity contribution < 1.29 is 43.3 Å². The molecule has 0 saturated carbocycles. The maximum atomic E-state index is 13.3. The first-order chi connectivity index (χ1) is 23.5. The SMILES string of the molecule is CC(C)CCCCCCCCCCCCCCC(=O)C(C(=O)[O][Ti](=[O])[OH])=C(C(=O)CCCCCCCCCCCCCCC(C)C)C(C)C. The Labute approximate surface area is 309 Å². The van der Waals surface area contributed by atoms with Gasteiger partial charge in [-0.2, -0.15) is 0 Å². The number of ketones is 2. The first-order valence-corrected chi connectivity index (χ1v) is 22.7. The Hall–Kier alpha value is -0.976. The molecular weight excluding hydrogens is 648 g/mol. The number of carbonyl (C=O) groups excluding carboxylic acids is 3. The van der Waals surface area contributed by atoms with Crippen LogP contribution in [-0.2, 0) is 39.6 Å². The molecule has 0 aliphatic carbocycles. The van der Waals surface area contributed by atoms with Crippen molar-refractivity contribution in [1.82, 2.24) is 0 Å². The third-order valence-electron chi connectivity index (χ3n) is 9.68. The molecule has 0 aromatic rings. The fourth-order valence-corrected chi connectivity index (χ4v) is 7.13.